The van der Waals surface area contributed by atoms with Crippen molar-refractivity contribution in [2.75, 3.05) is 0 Å². The van der Waals surface area contributed by atoms with Crippen molar-refractivity contribution in [2.24, 2.45) is 0 Å². The maximum atomic E-state index is 5.85. The quantitative estimate of drug-likeness (QED) is 0.171. The summed E-state index contributed by atoms with van der Waals surface area (Å²) in [5.74, 6) is 0. The molecule has 0 spiro atoms. The van der Waals surface area contributed by atoms with Crippen molar-refractivity contribution in [1.29, 1.82) is 0 Å². The first-order chi connectivity index (χ1) is 20.3. The van der Waals surface area contributed by atoms with Gasteiger partial charge >= 0.3 is 18.9 Å². The fourth-order valence-electron chi connectivity index (χ4n) is 6.28. The van der Waals surface area contributed by atoms with E-state index in [-0.39, 0.29) is 28.9 Å². The number of hydrogen-bond donors (Lipinski definition) is 0. The van der Waals surface area contributed by atoms with E-state index < -0.39 is 19.4 Å². The predicted molar refractivity (Wildman–Crippen MR) is 179 cm³/mol. The van der Waals surface area contributed by atoms with Crippen LogP contribution in [0.5, 0.6) is 0 Å². The summed E-state index contributed by atoms with van der Waals surface area (Å²) in [5.41, 5.74) is 7.95. The van der Waals surface area contributed by atoms with E-state index in [4.69, 9.17) is 4.65 Å². The van der Waals surface area contributed by atoms with Gasteiger partial charge in [-0.2, -0.15) is 0 Å². The van der Waals surface area contributed by atoms with Gasteiger partial charge in [-0.25, -0.2) is 0 Å². The van der Waals surface area contributed by atoms with Crippen LogP contribution in [0.1, 0.15) is 33.4 Å². The number of nitrogens with zero attached hydrogens (tertiary/aromatic N) is 1. The van der Waals surface area contributed by atoms with E-state index in [1.54, 1.807) is 0 Å². The van der Waals surface area contributed by atoms with Gasteiger partial charge in [-0.15, -0.1) is 0 Å². The van der Waals surface area contributed by atoms with E-state index in [0.717, 1.165) is 0 Å². The van der Waals surface area contributed by atoms with E-state index in [1.807, 2.05) is 0 Å². The average Bonchev–Trinajstić information content (AvgIpc) is 3.08. The van der Waals surface area contributed by atoms with Crippen molar-refractivity contribution in [1.82, 2.24) is 0 Å². The summed E-state index contributed by atoms with van der Waals surface area (Å²) in [6, 6.07) is 66.3. The maximum Gasteiger partial charge on any atom is 1.00 e. The van der Waals surface area contributed by atoms with Crippen LogP contribution in [0.15, 0.2) is 182 Å². The Bertz CT molecular complexity index is 1310. The van der Waals surface area contributed by atoms with Crippen molar-refractivity contribution in [3.63, 3.8) is 0 Å². The monoisotopic (exact) mass is 567 g/mol. The second-order valence-corrected chi connectivity index (χ2v) is 15.1. The van der Waals surface area contributed by atoms with Crippen molar-refractivity contribution >= 4 is 19.4 Å². The number of hydrogen-bond acceptors (Lipinski definition) is 0. The molecule has 200 valence electrons. The molecule has 0 radical (unpaired) electrons. The Hall–Kier alpha value is -3.69. The topological polar surface area (TPSA) is 14.1 Å². The van der Waals surface area contributed by atoms with Gasteiger partial charge in [0.25, 0.3) is 0 Å². The minimum Gasteiger partial charge on any atom is -0.675 e. The Balaban J connectivity index is 0.00000353. The SMILES string of the molecule is [Li+].c1ccc(C([SiH2][N-][SiH2]C(c2ccccc2)(c2ccccc2)c2ccccc2)(c2ccccc2)c2ccccc2)cc1. The molecule has 6 aromatic rings. The van der Waals surface area contributed by atoms with Gasteiger partial charge in [0.15, 0.2) is 0 Å². The molecule has 0 aliphatic rings. The zero-order valence-corrected chi connectivity index (χ0v) is 27.0. The van der Waals surface area contributed by atoms with Gasteiger partial charge in [0.05, 0.1) is 0 Å². The van der Waals surface area contributed by atoms with Crippen molar-refractivity contribution < 1.29 is 18.9 Å². The Morgan fingerprint density at radius 2 is 0.452 bits per heavy atom. The second-order valence-electron chi connectivity index (χ2n) is 10.5. The average molecular weight is 568 g/mol. The third-order valence-electron chi connectivity index (χ3n) is 8.30. The van der Waals surface area contributed by atoms with Gasteiger partial charge in [0.2, 0.25) is 0 Å². The molecule has 0 fully saturated rings. The second kappa shape index (κ2) is 14.0. The summed E-state index contributed by atoms with van der Waals surface area (Å²) in [5, 5.41) is -0.515. The van der Waals surface area contributed by atoms with E-state index in [9.17, 15) is 0 Å². The summed E-state index contributed by atoms with van der Waals surface area (Å²) in [7, 11) is -2.17. The fourth-order valence-corrected chi connectivity index (χ4v) is 11.9. The van der Waals surface area contributed by atoms with Crippen LogP contribution in [-0.4, -0.2) is 19.4 Å². The molecule has 0 saturated heterocycles. The molecule has 0 heterocycles. The molecular formula is C38H34LiNSi2. The molecule has 4 heteroatoms. The van der Waals surface area contributed by atoms with E-state index in [2.05, 4.69) is 182 Å². The van der Waals surface area contributed by atoms with Crippen LogP contribution < -0.4 is 18.9 Å². The standard InChI is InChI=1S/C38H34NSi2.Li/c1-7-19-31(20-8-1)37(32-21-9-2-10-22-32,33-23-11-3-12-24-33)40-39-41-38(34-25-13-4-14-26-34,35-27-15-5-16-28-35)36-29-17-6-18-30-36;/h1-30H,40-41H2;/q-1;+1. The fraction of sp³-hybridized carbons (Fsp3) is 0.0526. The van der Waals surface area contributed by atoms with Crippen molar-refractivity contribution in [3.05, 3.63) is 220 Å². The predicted octanol–water partition coefficient (Wildman–Crippen LogP) is 4.52. The summed E-state index contributed by atoms with van der Waals surface area (Å²) in [6.45, 7) is 0. The number of benzene rings is 6. The molecule has 0 aliphatic heterocycles. The molecule has 0 bridgehead atoms. The zero-order chi connectivity index (χ0) is 27.8. The molecule has 42 heavy (non-hydrogen) atoms. The molecule has 0 unspecified atom stereocenters. The molecule has 0 saturated carbocycles. The molecule has 1 nitrogen and oxygen atoms in total. The third kappa shape index (κ3) is 5.81. The Labute approximate surface area is 267 Å². The molecule has 0 atom stereocenters. The van der Waals surface area contributed by atoms with Crippen LogP contribution >= 0.6 is 0 Å². The Kier molecular flexibility index (Phi) is 9.92. The van der Waals surface area contributed by atoms with Crippen LogP contribution in [0.25, 0.3) is 4.65 Å². The number of rotatable bonds is 10. The Morgan fingerprint density at radius 3 is 0.619 bits per heavy atom. The molecule has 0 aliphatic carbocycles. The van der Waals surface area contributed by atoms with E-state index in [0.29, 0.717) is 0 Å². The van der Waals surface area contributed by atoms with E-state index in [1.165, 1.54) is 33.4 Å². The summed E-state index contributed by atoms with van der Waals surface area (Å²) >= 11 is 0. The van der Waals surface area contributed by atoms with Gasteiger partial charge in [0, 0.05) is 10.1 Å². The first-order valence-corrected chi connectivity index (χ1v) is 17.0. The summed E-state index contributed by atoms with van der Waals surface area (Å²) in [6.07, 6.45) is 0. The van der Waals surface area contributed by atoms with Gasteiger partial charge in [0.1, 0.15) is 0 Å². The molecule has 6 rings (SSSR count). The smallest absolute Gasteiger partial charge is 0.675 e. The molecule has 0 aromatic heterocycles. The maximum absolute atomic E-state index is 5.85. The van der Waals surface area contributed by atoms with Crippen LogP contribution in [0.2, 0.25) is 0 Å². The van der Waals surface area contributed by atoms with Crippen LogP contribution in [0.3, 0.4) is 0 Å². The summed E-state index contributed by atoms with van der Waals surface area (Å²) < 4.78 is 5.85. The summed E-state index contributed by atoms with van der Waals surface area (Å²) in [4.78, 5) is 0. The first-order valence-electron chi connectivity index (χ1n) is 14.3. The molecule has 6 aromatic carbocycles. The normalized spacial score (nSPS) is 12.0. The van der Waals surface area contributed by atoms with Crippen LogP contribution in [0.4, 0.5) is 0 Å². The van der Waals surface area contributed by atoms with Gasteiger partial charge in [-0.1, -0.05) is 201 Å². The Morgan fingerprint density at radius 1 is 0.286 bits per heavy atom. The van der Waals surface area contributed by atoms with Gasteiger partial charge < -0.3 is 4.65 Å². The molecular weight excluding hydrogens is 534 g/mol. The largest absolute Gasteiger partial charge is 1.00 e. The molecule has 0 amide bonds. The minimum absolute atomic E-state index is 0. The first kappa shape index (κ1) is 29.8. The third-order valence-corrected chi connectivity index (χ3v) is 13.5. The molecule has 0 N–H and O–H groups in total. The minimum atomic E-state index is -1.08. The van der Waals surface area contributed by atoms with Crippen molar-refractivity contribution in [2.45, 2.75) is 10.1 Å². The van der Waals surface area contributed by atoms with Gasteiger partial charge in [-0.05, 0) is 33.4 Å². The van der Waals surface area contributed by atoms with E-state index >= 15 is 0 Å². The zero-order valence-electron chi connectivity index (χ0n) is 24.2. The van der Waals surface area contributed by atoms with Crippen LogP contribution in [0, 0.1) is 0 Å². The van der Waals surface area contributed by atoms with Crippen LogP contribution in [-0.2, 0) is 10.1 Å². The van der Waals surface area contributed by atoms with Gasteiger partial charge in [-0.3, -0.25) is 0 Å². The van der Waals surface area contributed by atoms with Crippen molar-refractivity contribution in [3.8, 4) is 0 Å².